The van der Waals surface area contributed by atoms with Crippen molar-refractivity contribution < 1.29 is 24.3 Å². The number of anilines is 1. The third-order valence-corrected chi connectivity index (χ3v) is 7.88. The van der Waals surface area contributed by atoms with Gasteiger partial charge in [0.25, 0.3) is 0 Å². The number of carbonyl (C=O) groups is 1. The Morgan fingerprint density at radius 1 is 1.00 bits per heavy atom. The number of hydrogen-bond acceptors (Lipinski definition) is 3. The largest absolute Gasteiger partial charge is 0.388 e. The molecule has 1 heterocycles. The fourth-order valence-corrected chi connectivity index (χ4v) is 5.79. The maximum Gasteiger partial charge on any atom is 0.356 e. The fourth-order valence-electron chi connectivity index (χ4n) is 5.17. The van der Waals surface area contributed by atoms with Crippen LogP contribution in [0.4, 0.5) is 5.69 Å². The van der Waals surface area contributed by atoms with Crippen molar-refractivity contribution in [3.8, 4) is 0 Å². The lowest BCUT2D eigenvalue weighted by atomic mass is 9.93. The van der Waals surface area contributed by atoms with Crippen LogP contribution in [-0.2, 0) is 15.8 Å². The van der Waals surface area contributed by atoms with Crippen molar-refractivity contribution >= 4 is 24.5 Å². The molecule has 0 aromatic heterocycles. The Labute approximate surface area is 189 Å². The third kappa shape index (κ3) is 5.32. The van der Waals surface area contributed by atoms with E-state index in [1.165, 1.54) is 18.9 Å². The molecule has 1 amide bonds. The van der Waals surface area contributed by atoms with Crippen LogP contribution >= 0.6 is 7.60 Å². The van der Waals surface area contributed by atoms with Crippen LogP contribution in [0, 0.1) is 5.92 Å². The molecule has 2 unspecified atom stereocenters. The summed E-state index contributed by atoms with van der Waals surface area (Å²) in [4.78, 5) is 33.5. The van der Waals surface area contributed by atoms with E-state index in [-0.39, 0.29) is 17.3 Å². The molecule has 4 rings (SSSR count). The van der Waals surface area contributed by atoms with Gasteiger partial charge in [-0.05, 0) is 79.8 Å². The van der Waals surface area contributed by atoms with E-state index < -0.39 is 13.7 Å². The zero-order chi connectivity index (χ0) is 22.7. The molecule has 2 aromatic carbocycles. The highest BCUT2D eigenvalue weighted by Crippen LogP contribution is 2.37. The number of aliphatic hydroxyl groups is 1. The molecule has 6 nitrogen and oxygen atoms in total. The van der Waals surface area contributed by atoms with E-state index in [2.05, 4.69) is 0 Å². The highest BCUT2D eigenvalue weighted by atomic mass is 31.2. The molecule has 7 heteroatoms. The van der Waals surface area contributed by atoms with Crippen LogP contribution in [0.25, 0.3) is 0 Å². The lowest BCUT2D eigenvalue weighted by Gasteiger charge is -2.36. The van der Waals surface area contributed by atoms with E-state index in [0.29, 0.717) is 18.8 Å². The topological polar surface area (TPSA) is 98.1 Å². The van der Waals surface area contributed by atoms with Gasteiger partial charge in [0.2, 0.25) is 5.91 Å². The summed E-state index contributed by atoms with van der Waals surface area (Å²) in [7, 11) is -4.28. The minimum Gasteiger partial charge on any atom is -0.388 e. The van der Waals surface area contributed by atoms with E-state index in [1.807, 2.05) is 35.2 Å². The van der Waals surface area contributed by atoms with Gasteiger partial charge in [-0.1, -0.05) is 37.1 Å². The number of piperidine rings is 1. The highest BCUT2D eigenvalue weighted by molar-refractivity contribution is 7.60. The number of nitrogens with zero attached hydrogens (tertiary/aromatic N) is 1. The standard InChI is InChI=1S/C25H32NO5P/c27-24-10-4-8-21(14-11-18-5-3-9-23(17-18)32(29,30)31)26(24)22-15-12-20(13-16-22)25(28)19-6-1-2-7-19/h3,5,9,12-13,15-17,19,21,25,28H,1-2,4,6-8,10-11,14H2,(H2,29,30,31). The van der Waals surface area contributed by atoms with Gasteiger partial charge in [-0.2, -0.15) is 0 Å². The zero-order valence-corrected chi connectivity index (χ0v) is 19.2. The average molecular weight is 458 g/mol. The number of hydrogen-bond donors (Lipinski definition) is 3. The molecule has 1 aliphatic heterocycles. The van der Waals surface area contributed by atoms with Crippen molar-refractivity contribution in [2.24, 2.45) is 5.92 Å². The second-order valence-corrected chi connectivity index (χ2v) is 10.7. The number of carbonyl (C=O) groups excluding carboxylic acids is 1. The summed E-state index contributed by atoms with van der Waals surface area (Å²) in [5.74, 6) is 0.434. The number of amides is 1. The van der Waals surface area contributed by atoms with Crippen molar-refractivity contribution in [3.05, 3.63) is 59.7 Å². The number of benzene rings is 2. The summed E-state index contributed by atoms with van der Waals surface area (Å²) >= 11 is 0. The van der Waals surface area contributed by atoms with Gasteiger partial charge in [-0.15, -0.1) is 0 Å². The van der Waals surface area contributed by atoms with E-state index >= 15 is 0 Å². The van der Waals surface area contributed by atoms with Gasteiger partial charge in [0, 0.05) is 18.2 Å². The first-order chi connectivity index (χ1) is 15.3. The van der Waals surface area contributed by atoms with Crippen molar-refractivity contribution in [1.29, 1.82) is 0 Å². The van der Waals surface area contributed by atoms with Crippen molar-refractivity contribution in [2.75, 3.05) is 4.90 Å². The molecule has 3 N–H and O–H groups in total. The molecular formula is C25H32NO5P. The first kappa shape index (κ1) is 23.2. The van der Waals surface area contributed by atoms with Crippen LogP contribution < -0.4 is 10.2 Å². The molecule has 2 atom stereocenters. The summed E-state index contributed by atoms with van der Waals surface area (Å²) < 4.78 is 11.6. The quantitative estimate of drug-likeness (QED) is 0.541. The molecular weight excluding hydrogens is 425 g/mol. The molecule has 32 heavy (non-hydrogen) atoms. The van der Waals surface area contributed by atoms with Gasteiger partial charge in [0.15, 0.2) is 0 Å². The summed E-state index contributed by atoms with van der Waals surface area (Å²) in [6.07, 6.45) is 7.69. The van der Waals surface area contributed by atoms with Crippen LogP contribution in [0.1, 0.15) is 68.6 Å². The summed E-state index contributed by atoms with van der Waals surface area (Å²) in [6.45, 7) is 0. The van der Waals surface area contributed by atoms with Crippen LogP contribution in [0.3, 0.4) is 0 Å². The number of rotatable bonds is 7. The molecule has 0 spiro atoms. The Bertz CT molecular complexity index is 980. The Kier molecular flexibility index (Phi) is 7.16. The van der Waals surface area contributed by atoms with Crippen molar-refractivity contribution in [2.45, 2.75) is 69.9 Å². The minimum atomic E-state index is -4.28. The van der Waals surface area contributed by atoms with E-state index in [4.69, 9.17) is 0 Å². The summed E-state index contributed by atoms with van der Waals surface area (Å²) in [5.41, 5.74) is 2.63. The molecule has 2 fully saturated rings. The van der Waals surface area contributed by atoms with Crippen LogP contribution in [-0.4, -0.2) is 26.8 Å². The highest BCUT2D eigenvalue weighted by Gasteiger charge is 2.30. The lowest BCUT2D eigenvalue weighted by Crippen LogP contribution is -2.44. The Hall–Kier alpha value is -1.98. The van der Waals surface area contributed by atoms with Gasteiger partial charge < -0.3 is 19.8 Å². The molecule has 1 saturated carbocycles. The maximum atomic E-state index is 12.8. The Morgan fingerprint density at radius 2 is 1.72 bits per heavy atom. The predicted octanol–water partition coefficient (Wildman–Crippen LogP) is 4.23. The SMILES string of the molecule is O=C1CCCC(CCc2cccc(P(=O)(O)O)c2)N1c1ccc(C(O)C2CCCC2)cc1. The van der Waals surface area contributed by atoms with E-state index in [9.17, 15) is 24.3 Å². The summed E-state index contributed by atoms with van der Waals surface area (Å²) in [6, 6.07) is 14.4. The average Bonchev–Trinajstić information content (AvgIpc) is 3.32. The van der Waals surface area contributed by atoms with Gasteiger partial charge in [-0.25, -0.2) is 0 Å². The smallest absolute Gasteiger partial charge is 0.356 e. The zero-order valence-electron chi connectivity index (χ0n) is 18.3. The fraction of sp³-hybridized carbons (Fsp3) is 0.480. The Morgan fingerprint density at radius 3 is 2.41 bits per heavy atom. The van der Waals surface area contributed by atoms with E-state index in [0.717, 1.165) is 48.9 Å². The molecule has 1 saturated heterocycles. The van der Waals surface area contributed by atoms with Gasteiger partial charge in [0.1, 0.15) is 0 Å². The van der Waals surface area contributed by atoms with Crippen LogP contribution in [0.5, 0.6) is 0 Å². The van der Waals surface area contributed by atoms with Crippen LogP contribution in [0.15, 0.2) is 48.5 Å². The number of aryl methyl sites for hydroxylation is 1. The molecule has 0 radical (unpaired) electrons. The molecule has 2 aromatic rings. The van der Waals surface area contributed by atoms with Crippen molar-refractivity contribution in [3.63, 3.8) is 0 Å². The second-order valence-electron chi connectivity index (χ2n) is 9.14. The normalized spacial score (nSPS) is 21.2. The third-order valence-electron chi connectivity index (χ3n) is 6.93. The Balaban J connectivity index is 1.47. The second kappa shape index (κ2) is 9.88. The molecule has 2 aliphatic rings. The predicted molar refractivity (Wildman–Crippen MR) is 125 cm³/mol. The number of aliphatic hydroxyl groups excluding tert-OH is 1. The molecule has 0 bridgehead atoms. The van der Waals surface area contributed by atoms with Crippen LogP contribution in [0.2, 0.25) is 0 Å². The lowest BCUT2D eigenvalue weighted by molar-refractivity contribution is -0.120. The maximum absolute atomic E-state index is 12.8. The first-order valence-electron chi connectivity index (χ1n) is 11.6. The monoisotopic (exact) mass is 457 g/mol. The molecule has 1 aliphatic carbocycles. The molecule has 172 valence electrons. The van der Waals surface area contributed by atoms with Gasteiger partial charge in [0.05, 0.1) is 11.4 Å². The first-order valence-corrected chi connectivity index (χ1v) is 13.2. The minimum absolute atomic E-state index is 0.0305. The van der Waals surface area contributed by atoms with Crippen molar-refractivity contribution in [1.82, 2.24) is 0 Å². The summed E-state index contributed by atoms with van der Waals surface area (Å²) in [5, 5.41) is 10.7. The van der Waals surface area contributed by atoms with Gasteiger partial charge in [-0.3, -0.25) is 9.36 Å². The van der Waals surface area contributed by atoms with E-state index in [1.54, 1.807) is 12.1 Å². The van der Waals surface area contributed by atoms with Gasteiger partial charge >= 0.3 is 7.60 Å².